The SMILES string of the molecule is CCOc1ccc(CNS(=O)(=O)c2ccc(OC)c(CC)c2)cc1. The molecule has 2 aromatic rings. The van der Waals surface area contributed by atoms with Crippen LogP contribution in [0.1, 0.15) is 25.0 Å². The number of hydrogen-bond donors (Lipinski definition) is 1. The molecule has 5 nitrogen and oxygen atoms in total. The monoisotopic (exact) mass is 349 g/mol. The fraction of sp³-hybridized carbons (Fsp3) is 0.333. The summed E-state index contributed by atoms with van der Waals surface area (Å²) in [6.45, 7) is 4.70. The first-order valence-electron chi connectivity index (χ1n) is 7.88. The van der Waals surface area contributed by atoms with Crippen molar-refractivity contribution in [3.8, 4) is 11.5 Å². The van der Waals surface area contributed by atoms with Crippen molar-refractivity contribution in [2.75, 3.05) is 13.7 Å². The summed E-state index contributed by atoms with van der Waals surface area (Å²) >= 11 is 0. The molecule has 0 unspecified atom stereocenters. The Morgan fingerprint density at radius 3 is 2.33 bits per heavy atom. The second kappa shape index (κ2) is 8.17. The Morgan fingerprint density at radius 1 is 1.04 bits per heavy atom. The van der Waals surface area contributed by atoms with E-state index in [9.17, 15) is 8.42 Å². The molecule has 2 rings (SSSR count). The summed E-state index contributed by atoms with van der Waals surface area (Å²) in [7, 11) is -2.00. The zero-order valence-corrected chi connectivity index (χ0v) is 15.0. The van der Waals surface area contributed by atoms with Crippen molar-refractivity contribution in [1.29, 1.82) is 0 Å². The van der Waals surface area contributed by atoms with Crippen LogP contribution in [0.15, 0.2) is 47.4 Å². The van der Waals surface area contributed by atoms with Gasteiger partial charge in [0.1, 0.15) is 11.5 Å². The fourth-order valence-electron chi connectivity index (χ4n) is 2.33. The van der Waals surface area contributed by atoms with Gasteiger partial charge in [0.2, 0.25) is 10.0 Å². The first-order valence-corrected chi connectivity index (χ1v) is 9.36. The normalized spacial score (nSPS) is 11.3. The molecule has 0 heterocycles. The van der Waals surface area contributed by atoms with Crippen LogP contribution in [-0.4, -0.2) is 22.1 Å². The van der Waals surface area contributed by atoms with Crippen LogP contribution < -0.4 is 14.2 Å². The molecule has 0 aliphatic rings. The highest BCUT2D eigenvalue weighted by molar-refractivity contribution is 7.89. The lowest BCUT2D eigenvalue weighted by Crippen LogP contribution is -2.23. The van der Waals surface area contributed by atoms with E-state index in [1.54, 1.807) is 25.3 Å². The number of ether oxygens (including phenoxy) is 2. The zero-order chi connectivity index (χ0) is 17.6. The second-order valence-corrected chi connectivity index (χ2v) is 7.00. The van der Waals surface area contributed by atoms with Gasteiger partial charge >= 0.3 is 0 Å². The Balaban J connectivity index is 2.10. The zero-order valence-electron chi connectivity index (χ0n) is 14.2. The van der Waals surface area contributed by atoms with Crippen LogP contribution in [0.3, 0.4) is 0 Å². The van der Waals surface area contributed by atoms with Gasteiger partial charge in [-0.05, 0) is 54.8 Å². The maximum atomic E-state index is 12.5. The van der Waals surface area contributed by atoms with E-state index >= 15 is 0 Å². The Labute approximate surface area is 143 Å². The van der Waals surface area contributed by atoms with Crippen molar-refractivity contribution < 1.29 is 17.9 Å². The first kappa shape index (κ1) is 18.3. The van der Waals surface area contributed by atoms with E-state index in [1.165, 1.54) is 0 Å². The van der Waals surface area contributed by atoms with Crippen molar-refractivity contribution in [2.45, 2.75) is 31.7 Å². The van der Waals surface area contributed by atoms with Crippen LogP contribution >= 0.6 is 0 Å². The van der Waals surface area contributed by atoms with Gasteiger partial charge in [0.05, 0.1) is 18.6 Å². The summed E-state index contributed by atoms with van der Waals surface area (Å²) in [6, 6.07) is 12.2. The maximum absolute atomic E-state index is 12.5. The number of nitrogens with one attached hydrogen (secondary N) is 1. The summed E-state index contributed by atoms with van der Waals surface area (Å²) < 4.78 is 38.2. The van der Waals surface area contributed by atoms with E-state index in [2.05, 4.69) is 4.72 Å². The van der Waals surface area contributed by atoms with Crippen molar-refractivity contribution in [2.24, 2.45) is 0 Å². The second-order valence-electron chi connectivity index (χ2n) is 5.23. The Morgan fingerprint density at radius 2 is 1.75 bits per heavy atom. The minimum Gasteiger partial charge on any atom is -0.496 e. The number of benzene rings is 2. The van der Waals surface area contributed by atoms with Crippen LogP contribution in [0.4, 0.5) is 0 Å². The van der Waals surface area contributed by atoms with Crippen molar-refractivity contribution in [3.05, 3.63) is 53.6 Å². The molecule has 0 aliphatic heterocycles. The molecule has 1 N–H and O–H groups in total. The van der Waals surface area contributed by atoms with Gasteiger partial charge in [-0.25, -0.2) is 13.1 Å². The molecule has 0 saturated heterocycles. The molecule has 0 aromatic heterocycles. The number of methoxy groups -OCH3 is 1. The summed E-state index contributed by atoms with van der Waals surface area (Å²) in [6.07, 6.45) is 0.700. The first-order chi connectivity index (χ1) is 11.5. The summed E-state index contributed by atoms with van der Waals surface area (Å²) in [5, 5.41) is 0. The number of aryl methyl sites for hydroxylation is 1. The van der Waals surface area contributed by atoms with Gasteiger partial charge in [0.25, 0.3) is 0 Å². The minimum absolute atomic E-state index is 0.224. The molecule has 2 aromatic carbocycles. The van der Waals surface area contributed by atoms with Crippen LogP contribution in [0, 0.1) is 0 Å². The van der Waals surface area contributed by atoms with Crippen molar-refractivity contribution in [1.82, 2.24) is 4.72 Å². The van der Waals surface area contributed by atoms with E-state index in [4.69, 9.17) is 9.47 Å². The fourth-order valence-corrected chi connectivity index (χ4v) is 3.40. The molecule has 0 saturated carbocycles. The van der Waals surface area contributed by atoms with Gasteiger partial charge in [-0.3, -0.25) is 0 Å². The highest BCUT2D eigenvalue weighted by atomic mass is 32.2. The summed E-state index contributed by atoms with van der Waals surface area (Å²) in [5.74, 6) is 1.47. The number of hydrogen-bond acceptors (Lipinski definition) is 4. The molecule has 0 radical (unpaired) electrons. The molecule has 0 spiro atoms. The van der Waals surface area contributed by atoms with Crippen LogP contribution in [0.25, 0.3) is 0 Å². The van der Waals surface area contributed by atoms with Crippen LogP contribution in [0.2, 0.25) is 0 Å². The minimum atomic E-state index is -3.57. The van der Waals surface area contributed by atoms with Gasteiger partial charge in [0.15, 0.2) is 0 Å². The van der Waals surface area contributed by atoms with E-state index in [1.807, 2.05) is 38.1 Å². The third-order valence-corrected chi connectivity index (χ3v) is 5.04. The van der Waals surface area contributed by atoms with E-state index in [0.29, 0.717) is 18.8 Å². The Hall–Kier alpha value is -2.05. The van der Waals surface area contributed by atoms with Gasteiger partial charge in [-0.15, -0.1) is 0 Å². The third kappa shape index (κ3) is 4.49. The third-order valence-electron chi connectivity index (χ3n) is 3.64. The maximum Gasteiger partial charge on any atom is 0.240 e. The predicted molar refractivity (Wildman–Crippen MR) is 94.0 cm³/mol. The molecule has 6 heteroatoms. The Bertz CT molecular complexity index is 770. The van der Waals surface area contributed by atoms with E-state index in [-0.39, 0.29) is 11.4 Å². The molecule has 0 atom stereocenters. The quantitative estimate of drug-likeness (QED) is 0.795. The molecule has 24 heavy (non-hydrogen) atoms. The van der Waals surface area contributed by atoms with E-state index in [0.717, 1.165) is 16.9 Å². The lowest BCUT2D eigenvalue weighted by Gasteiger charge is -2.11. The smallest absolute Gasteiger partial charge is 0.240 e. The lowest BCUT2D eigenvalue weighted by atomic mass is 10.1. The molecule has 0 bridgehead atoms. The number of sulfonamides is 1. The van der Waals surface area contributed by atoms with Crippen LogP contribution in [-0.2, 0) is 23.0 Å². The van der Waals surface area contributed by atoms with Crippen LogP contribution in [0.5, 0.6) is 11.5 Å². The standard InChI is InChI=1S/C18H23NO4S/c1-4-15-12-17(10-11-18(15)22-3)24(20,21)19-13-14-6-8-16(9-7-14)23-5-2/h6-12,19H,4-5,13H2,1-3H3. The lowest BCUT2D eigenvalue weighted by molar-refractivity contribution is 0.340. The highest BCUT2D eigenvalue weighted by Crippen LogP contribution is 2.23. The van der Waals surface area contributed by atoms with Gasteiger partial charge in [0, 0.05) is 6.54 Å². The number of rotatable bonds is 8. The van der Waals surface area contributed by atoms with Crippen molar-refractivity contribution >= 4 is 10.0 Å². The van der Waals surface area contributed by atoms with Gasteiger partial charge in [-0.1, -0.05) is 19.1 Å². The largest absolute Gasteiger partial charge is 0.496 e. The molecule has 0 amide bonds. The predicted octanol–water partition coefficient (Wildman–Crippen LogP) is 3.13. The molecular weight excluding hydrogens is 326 g/mol. The highest BCUT2D eigenvalue weighted by Gasteiger charge is 2.15. The average Bonchev–Trinajstić information content (AvgIpc) is 2.60. The van der Waals surface area contributed by atoms with Gasteiger partial charge in [-0.2, -0.15) is 0 Å². The molecule has 0 fully saturated rings. The molecule has 130 valence electrons. The topological polar surface area (TPSA) is 64.6 Å². The average molecular weight is 349 g/mol. The summed E-state index contributed by atoms with van der Waals surface area (Å²) in [4.78, 5) is 0.242. The molecule has 0 aliphatic carbocycles. The van der Waals surface area contributed by atoms with Crippen molar-refractivity contribution in [3.63, 3.8) is 0 Å². The Kier molecular flexibility index (Phi) is 6.23. The van der Waals surface area contributed by atoms with E-state index < -0.39 is 10.0 Å². The molecular formula is C18H23NO4S. The summed E-state index contributed by atoms with van der Waals surface area (Å²) in [5.41, 5.74) is 1.73. The van der Waals surface area contributed by atoms with Gasteiger partial charge < -0.3 is 9.47 Å².